The molecule has 20 heavy (non-hydrogen) atoms. The second kappa shape index (κ2) is 4.44. The standard InChI is InChI=1S/C17H19N3/c1-17(2,3)14-6-5-7-16-13(14)8-9-15(19-16)12-10-18-20(4)11-12/h5-11H,1-4H3. The van der Waals surface area contributed by atoms with Gasteiger partial charge in [0.25, 0.3) is 0 Å². The Morgan fingerprint density at radius 3 is 2.50 bits per heavy atom. The fraction of sp³-hybridized carbons (Fsp3) is 0.294. The van der Waals surface area contributed by atoms with Crippen LogP contribution in [0.25, 0.3) is 22.2 Å². The van der Waals surface area contributed by atoms with Crippen molar-refractivity contribution in [1.82, 2.24) is 14.8 Å². The molecule has 3 aromatic rings. The van der Waals surface area contributed by atoms with Crippen molar-refractivity contribution in [2.24, 2.45) is 7.05 Å². The van der Waals surface area contributed by atoms with Gasteiger partial charge in [-0.25, -0.2) is 4.98 Å². The molecule has 0 spiro atoms. The molecule has 0 saturated carbocycles. The van der Waals surface area contributed by atoms with Gasteiger partial charge in [0.2, 0.25) is 0 Å². The SMILES string of the molecule is Cn1cc(-c2ccc3c(C(C)(C)C)cccc3n2)cn1. The molecular formula is C17H19N3. The highest BCUT2D eigenvalue weighted by molar-refractivity contribution is 5.85. The van der Waals surface area contributed by atoms with Crippen LogP contribution in [0.15, 0.2) is 42.7 Å². The summed E-state index contributed by atoms with van der Waals surface area (Å²) < 4.78 is 1.80. The van der Waals surface area contributed by atoms with Crippen LogP contribution in [-0.2, 0) is 12.5 Å². The van der Waals surface area contributed by atoms with Gasteiger partial charge < -0.3 is 0 Å². The van der Waals surface area contributed by atoms with Crippen molar-refractivity contribution in [3.63, 3.8) is 0 Å². The molecule has 0 atom stereocenters. The first-order chi connectivity index (χ1) is 9.45. The Bertz CT molecular complexity index is 763. The van der Waals surface area contributed by atoms with E-state index in [1.165, 1.54) is 10.9 Å². The van der Waals surface area contributed by atoms with Crippen molar-refractivity contribution in [3.05, 3.63) is 48.3 Å². The van der Waals surface area contributed by atoms with E-state index in [9.17, 15) is 0 Å². The molecule has 3 nitrogen and oxygen atoms in total. The zero-order valence-corrected chi connectivity index (χ0v) is 12.4. The van der Waals surface area contributed by atoms with Gasteiger partial charge in [-0.15, -0.1) is 0 Å². The van der Waals surface area contributed by atoms with Gasteiger partial charge in [0.1, 0.15) is 0 Å². The summed E-state index contributed by atoms with van der Waals surface area (Å²) in [6.45, 7) is 6.70. The van der Waals surface area contributed by atoms with E-state index in [4.69, 9.17) is 4.98 Å². The van der Waals surface area contributed by atoms with Crippen LogP contribution in [0.4, 0.5) is 0 Å². The summed E-state index contributed by atoms with van der Waals surface area (Å²) in [5.41, 5.74) is 4.52. The van der Waals surface area contributed by atoms with E-state index in [0.717, 1.165) is 16.8 Å². The maximum atomic E-state index is 4.78. The van der Waals surface area contributed by atoms with E-state index in [2.05, 4.69) is 56.2 Å². The van der Waals surface area contributed by atoms with E-state index in [1.807, 2.05) is 19.4 Å². The average Bonchev–Trinajstić information content (AvgIpc) is 2.83. The zero-order chi connectivity index (χ0) is 14.3. The fourth-order valence-corrected chi connectivity index (χ4v) is 2.52. The highest BCUT2D eigenvalue weighted by Gasteiger charge is 2.17. The van der Waals surface area contributed by atoms with Crippen molar-refractivity contribution < 1.29 is 0 Å². The second-order valence-electron chi connectivity index (χ2n) is 6.22. The van der Waals surface area contributed by atoms with Crippen LogP contribution in [0.1, 0.15) is 26.3 Å². The maximum absolute atomic E-state index is 4.78. The molecule has 2 aromatic heterocycles. The molecule has 0 saturated heterocycles. The van der Waals surface area contributed by atoms with Crippen LogP contribution >= 0.6 is 0 Å². The Balaban J connectivity index is 2.18. The Kier molecular flexibility index (Phi) is 2.85. The minimum atomic E-state index is 0.122. The molecule has 2 heterocycles. The van der Waals surface area contributed by atoms with E-state index in [-0.39, 0.29) is 5.41 Å². The number of fused-ring (bicyclic) bond motifs is 1. The number of hydrogen-bond acceptors (Lipinski definition) is 2. The number of aryl methyl sites for hydroxylation is 1. The number of aromatic nitrogens is 3. The lowest BCUT2D eigenvalue weighted by molar-refractivity contribution is 0.596. The van der Waals surface area contributed by atoms with Gasteiger partial charge >= 0.3 is 0 Å². The van der Waals surface area contributed by atoms with Gasteiger partial charge in [0, 0.05) is 24.2 Å². The first-order valence-corrected chi connectivity index (χ1v) is 6.84. The van der Waals surface area contributed by atoms with Crippen LogP contribution in [-0.4, -0.2) is 14.8 Å². The van der Waals surface area contributed by atoms with Crippen LogP contribution in [0.5, 0.6) is 0 Å². The Morgan fingerprint density at radius 2 is 1.85 bits per heavy atom. The largest absolute Gasteiger partial charge is 0.275 e. The summed E-state index contributed by atoms with van der Waals surface area (Å²) in [5.74, 6) is 0. The molecule has 0 amide bonds. The molecule has 0 aliphatic rings. The van der Waals surface area contributed by atoms with E-state index in [0.29, 0.717) is 0 Å². The lowest BCUT2D eigenvalue weighted by atomic mass is 9.84. The zero-order valence-electron chi connectivity index (χ0n) is 12.4. The van der Waals surface area contributed by atoms with E-state index >= 15 is 0 Å². The lowest BCUT2D eigenvalue weighted by Crippen LogP contribution is -2.11. The van der Waals surface area contributed by atoms with Gasteiger partial charge in [-0.1, -0.05) is 39.0 Å². The summed E-state index contributed by atoms with van der Waals surface area (Å²) in [6.07, 6.45) is 3.84. The first kappa shape index (κ1) is 12.9. The highest BCUT2D eigenvalue weighted by atomic mass is 15.2. The van der Waals surface area contributed by atoms with Crippen LogP contribution in [0.2, 0.25) is 0 Å². The minimum absolute atomic E-state index is 0.122. The van der Waals surface area contributed by atoms with Gasteiger partial charge in [-0.2, -0.15) is 5.10 Å². The van der Waals surface area contributed by atoms with Crippen molar-refractivity contribution >= 4 is 10.9 Å². The summed E-state index contributed by atoms with van der Waals surface area (Å²) in [7, 11) is 1.92. The molecule has 0 radical (unpaired) electrons. The molecule has 3 rings (SSSR count). The number of nitrogens with zero attached hydrogens (tertiary/aromatic N) is 3. The van der Waals surface area contributed by atoms with Gasteiger partial charge in [-0.3, -0.25) is 4.68 Å². The Labute approximate surface area is 119 Å². The molecule has 1 aromatic carbocycles. The molecule has 0 aliphatic heterocycles. The maximum Gasteiger partial charge on any atom is 0.0741 e. The lowest BCUT2D eigenvalue weighted by Gasteiger charge is -2.21. The average molecular weight is 265 g/mol. The van der Waals surface area contributed by atoms with Crippen LogP contribution < -0.4 is 0 Å². The number of hydrogen-bond donors (Lipinski definition) is 0. The number of rotatable bonds is 1. The molecular weight excluding hydrogens is 246 g/mol. The highest BCUT2D eigenvalue weighted by Crippen LogP contribution is 2.30. The monoisotopic (exact) mass is 265 g/mol. The fourth-order valence-electron chi connectivity index (χ4n) is 2.52. The van der Waals surface area contributed by atoms with Crippen molar-refractivity contribution in [2.75, 3.05) is 0 Å². The van der Waals surface area contributed by atoms with Crippen molar-refractivity contribution in [1.29, 1.82) is 0 Å². The number of pyridine rings is 1. The van der Waals surface area contributed by atoms with Crippen molar-refractivity contribution in [2.45, 2.75) is 26.2 Å². The molecule has 0 fully saturated rings. The van der Waals surface area contributed by atoms with E-state index < -0.39 is 0 Å². The van der Waals surface area contributed by atoms with Crippen molar-refractivity contribution in [3.8, 4) is 11.3 Å². The molecule has 3 heteroatoms. The van der Waals surface area contributed by atoms with Gasteiger partial charge in [-0.05, 0) is 23.1 Å². The van der Waals surface area contributed by atoms with Gasteiger partial charge in [0.05, 0.1) is 17.4 Å². The second-order valence-corrected chi connectivity index (χ2v) is 6.22. The predicted octanol–water partition coefficient (Wildman–Crippen LogP) is 3.93. The summed E-state index contributed by atoms with van der Waals surface area (Å²) in [4.78, 5) is 4.78. The summed E-state index contributed by atoms with van der Waals surface area (Å²) >= 11 is 0. The molecule has 0 unspecified atom stereocenters. The Hall–Kier alpha value is -2.16. The molecule has 0 bridgehead atoms. The van der Waals surface area contributed by atoms with Gasteiger partial charge in [0.15, 0.2) is 0 Å². The quantitative estimate of drug-likeness (QED) is 0.667. The molecule has 0 aliphatic carbocycles. The van der Waals surface area contributed by atoms with Crippen LogP contribution in [0.3, 0.4) is 0 Å². The topological polar surface area (TPSA) is 30.7 Å². The third kappa shape index (κ3) is 2.20. The summed E-state index contributed by atoms with van der Waals surface area (Å²) in [5, 5.41) is 5.44. The Morgan fingerprint density at radius 1 is 1.05 bits per heavy atom. The normalized spacial score (nSPS) is 12.0. The molecule has 0 N–H and O–H groups in total. The third-order valence-electron chi connectivity index (χ3n) is 3.54. The minimum Gasteiger partial charge on any atom is -0.275 e. The predicted molar refractivity (Wildman–Crippen MR) is 82.6 cm³/mol. The number of benzene rings is 1. The van der Waals surface area contributed by atoms with E-state index in [1.54, 1.807) is 4.68 Å². The third-order valence-corrected chi connectivity index (χ3v) is 3.54. The summed E-state index contributed by atoms with van der Waals surface area (Å²) in [6, 6.07) is 10.6. The smallest absolute Gasteiger partial charge is 0.0741 e. The molecule has 102 valence electrons. The van der Waals surface area contributed by atoms with Crippen LogP contribution in [0, 0.1) is 0 Å². The first-order valence-electron chi connectivity index (χ1n) is 6.84.